The molecule has 0 aromatic carbocycles. The number of rotatable bonds is 4. The van der Waals surface area contributed by atoms with Crippen LogP contribution in [0.2, 0.25) is 0 Å². The minimum Gasteiger partial charge on any atom is -0.478 e. The van der Waals surface area contributed by atoms with Crippen LogP contribution < -0.4 is 9.47 Å². The summed E-state index contributed by atoms with van der Waals surface area (Å²) >= 11 is 0. The first-order valence-electron chi connectivity index (χ1n) is 9.06. The van der Waals surface area contributed by atoms with E-state index in [0.29, 0.717) is 31.5 Å². The first kappa shape index (κ1) is 17.7. The molecule has 6 nitrogen and oxygen atoms in total. The zero-order chi connectivity index (χ0) is 18.2. The van der Waals surface area contributed by atoms with E-state index in [9.17, 15) is 10.1 Å². The summed E-state index contributed by atoms with van der Waals surface area (Å²) in [5.74, 6) is 0.100. The highest BCUT2D eigenvalue weighted by atomic mass is 16.5. The fourth-order valence-corrected chi connectivity index (χ4v) is 4.58. The Kier molecular flexibility index (Phi) is 4.68. The average molecular weight is 343 g/mol. The second-order valence-corrected chi connectivity index (χ2v) is 7.14. The van der Waals surface area contributed by atoms with Gasteiger partial charge in [0.1, 0.15) is 5.92 Å². The number of carbonyl (C=O) groups excluding carboxylic acids is 1. The Balaban J connectivity index is 2.14. The molecule has 1 aromatic heterocycles. The summed E-state index contributed by atoms with van der Waals surface area (Å²) in [6, 6.07) is 2.51. The fraction of sp³-hybridized carbons (Fsp3) is 0.684. The lowest BCUT2D eigenvalue weighted by Crippen LogP contribution is -2.50. The Morgan fingerprint density at radius 1 is 1.28 bits per heavy atom. The van der Waals surface area contributed by atoms with E-state index < -0.39 is 5.92 Å². The lowest BCUT2D eigenvalue weighted by Gasteiger charge is -2.49. The van der Waals surface area contributed by atoms with Gasteiger partial charge in [0.05, 0.1) is 25.0 Å². The first-order chi connectivity index (χ1) is 12.0. The van der Waals surface area contributed by atoms with Crippen molar-refractivity contribution in [2.45, 2.75) is 52.4 Å². The fourth-order valence-electron chi connectivity index (χ4n) is 4.58. The van der Waals surface area contributed by atoms with Crippen LogP contribution in [0.15, 0.2) is 0 Å². The molecule has 0 radical (unpaired) electrons. The second-order valence-electron chi connectivity index (χ2n) is 7.14. The van der Waals surface area contributed by atoms with Crippen molar-refractivity contribution in [3.05, 3.63) is 11.3 Å². The summed E-state index contributed by atoms with van der Waals surface area (Å²) in [4.78, 5) is 21.6. The summed E-state index contributed by atoms with van der Waals surface area (Å²) in [5, 5.41) is 9.46. The number of Topliss-reactive ketones (excluding diaryl/α,β-unsaturated/α-hetero) is 1. The topological polar surface area (TPSA) is 85.1 Å². The molecule has 2 aliphatic carbocycles. The molecular weight excluding hydrogens is 318 g/mol. The van der Waals surface area contributed by atoms with Crippen molar-refractivity contribution < 1.29 is 14.3 Å². The Morgan fingerprint density at radius 3 is 2.64 bits per heavy atom. The Hall–Kier alpha value is -2.16. The monoisotopic (exact) mass is 343 g/mol. The minimum atomic E-state index is -0.580. The van der Waals surface area contributed by atoms with E-state index in [0.717, 1.165) is 24.1 Å². The average Bonchev–Trinajstić information content (AvgIpc) is 2.59. The number of ether oxygens (including phenoxy) is 2. The molecule has 25 heavy (non-hydrogen) atoms. The predicted molar refractivity (Wildman–Crippen MR) is 91.4 cm³/mol. The third-order valence-electron chi connectivity index (χ3n) is 5.75. The summed E-state index contributed by atoms with van der Waals surface area (Å²) in [6.07, 6.45) is 2.16. The van der Waals surface area contributed by atoms with Crippen molar-refractivity contribution in [2.24, 2.45) is 17.8 Å². The standard InChI is InChI=1S/C19H25N3O3/c1-5-24-17-13-7-8-14-11(3)15(23)12(10-20)9-19(14,4)16(13)21-18(22-17)25-6-2/h11-12,14H,5-9H2,1-4H3/t11-,12?,14-,19-/m0/s1. The van der Waals surface area contributed by atoms with Crippen molar-refractivity contribution in [3.63, 3.8) is 0 Å². The maximum Gasteiger partial charge on any atom is 0.319 e. The summed E-state index contributed by atoms with van der Waals surface area (Å²) in [5.41, 5.74) is 1.55. The van der Waals surface area contributed by atoms with Gasteiger partial charge in [-0.3, -0.25) is 4.79 Å². The number of nitriles is 1. The molecule has 0 spiro atoms. The molecule has 0 aliphatic heterocycles. The maximum atomic E-state index is 12.5. The van der Waals surface area contributed by atoms with E-state index in [2.05, 4.69) is 18.0 Å². The highest BCUT2D eigenvalue weighted by Crippen LogP contribution is 2.53. The van der Waals surface area contributed by atoms with Crippen LogP contribution >= 0.6 is 0 Å². The Morgan fingerprint density at radius 2 is 2.00 bits per heavy atom. The summed E-state index contributed by atoms with van der Waals surface area (Å²) < 4.78 is 11.3. The largest absolute Gasteiger partial charge is 0.478 e. The molecule has 134 valence electrons. The van der Waals surface area contributed by atoms with Crippen molar-refractivity contribution in [1.82, 2.24) is 9.97 Å². The van der Waals surface area contributed by atoms with Crippen LogP contribution in [0.1, 0.15) is 51.8 Å². The van der Waals surface area contributed by atoms with Gasteiger partial charge in [-0.15, -0.1) is 0 Å². The molecule has 0 amide bonds. The third kappa shape index (κ3) is 2.76. The quantitative estimate of drug-likeness (QED) is 0.836. The van der Waals surface area contributed by atoms with Crippen molar-refractivity contribution in [2.75, 3.05) is 13.2 Å². The van der Waals surface area contributed by atoms with Crippen molar-refractivity contribution >= 4 is 5.78 Å². The normalized spacial score (nSPS) is 30.8. The SMILES string of the molecule is CCOc1nc(OCC)c2c(n1)[C@@]1(C)CC(C#N)C(=O)[C@@H](C)[C@@H]1CC2. The van der Waals surface area contributed by atoms with Crippen molar-refractivity contribution in [3.8, 4) is 18.0 Å². The van der Waals surface area contributed by atoms with Crippen LogP contribution in [0.3, 0.4) is 0 Å². The highest BCUT2D eigenvalue weighted by Gasteiger charge is 2.53. The lowest BCUT2D eigenvalue weighted by molar-refractivity contribution is -0.132. The van der Waals surface area contributed by atoms with Gasteiger partial charge in [-0.2, -0.15) is 15.2 Å². The number of aromatic nitrogens is 2. The van der Waals surface area contributed by atoms with Gasteiger partial charge >= 0.3 is 6.01 Å². The van der Waals surface area contributed by atoms with Crippen LogP contribution in [0, 0.1) is 29.1 Å². The smallest absolute Gasteiger partial charge is 0.319 e. The van der Waals surface area contributed by atoms with Gasteiger partial charge in [0.15, 0.2) is 5.78 Å². The summed E-state index contributed by atoms with van der Waals surface area (Å²) in [7, 11) is 0. The molecule has 0 saturated heterocycles. The van der Waals surface area contributed by atoms with Crippen LogP contribution in [0.5, 0.6) is 11.9 Å². The van der Waals surface area contributed by atoms with Gasteiger partial charge in [-0.1, -0.05) is 13.8 Å². The summed E-state index contributed by atoms with van der Waals surface area (Å²) in [6.45, 7) is 8.89. The van der Waals surface area contributed by atoms with E-state index in [1.807, 2.05) is 20.8 Å². The molecule has 3 rings (SSSR count). The molecule has 1 heterocycles. The molecule has 0 bridgehead atoms. The van der Waals surface area contributed by atoms with Crippen molar-refractivity contribution in [1.29, 1.82) is 5.26 Å². The van der Waals surface area contributed by atoms with Crippen LogP contribution in [0.25, 0.3) is 0 Å². The van der Waals surface area contributed by atoms with Crippen LogP contribution in [0.4, 0.5) is 0 Å². The molecule has 1 aromatic rings. The molecule has 1 fully saturated rings. The number of ketones is 1. The molecule has 1 saturated carbocycles. The first-order valence-corrected chi connectivity index (χ1v) is 9.06. The Bertz CT molecular complexity index is 727. The van der Waals surface area contributed by atoms with E-state index >= 15 is 0 Å². The third-order valence-corrected chi connectivity index (χ3v) is 5.75. The minimum absolute atomic E-state index is 0.0672. The zero-order valence-corrected chi connectivity index (χ0v) is 15.3. The lowest BCUT2D eigenvalue weighted by atomic mass is 9.54. The van der Waals surface area contributed by atoms with Crippen LogP contribution in [-0.2, 0) is 16.6 Å². The van der Waals surface area contributed by atoms with Gasteiger partial charge in [-0.25, -0.2) is 0 Å². The van der Waals surface area contributed by atoms with Gasteiger partial charge in [-0.05, 0) is 39.0 Å². The van der Waals surface area contributed by atoms with Gasteiger partial charge in [0, 0.05) is 16.9 Å². The van der Waals surface area contributed by atoms with Gasteiger partial charge in [0.25, 0.3) is 0 Å². The Labute approximate surface area is 148 Å². The number of hydrogen-bond donors (Lipinski definition) is 0. The second kappa shape index (κ2) is 6.62. The molecule has 0 N–H and O–H groups in total. The highest BCUT2D eigenvalue weighted by molar-refractivity contribution is 5.87. The number of carbonyl (C=O) groups is 1. The van der Waals surface area contributed by atoms with E-state index in [-0.39, 0.29) is 23.0 Å². The predicted octanol–water partition coefficient (Wildman–Crippen LogP) is 2.84. The number of nitrogens with zero attached hydrogens (tertiary/aromatic N) is 3. The number of fused-ring (bicyclic) bond motifs is 3. The maximum absolute atomic E-state index is 12.5. The van der Waals surface area contributed by atoms with E-state index in [4.69, 9.17) is 14.5 Å². The van der Waals surface area contributed by atoms with Gasteiger partial charge < -0.3 is 9.47 Å². The molecule has 1 unspecified atom stereocenters. The number of hydrogen-bond acceptors (Lipinski definition) is 6. The molecule has 2 aliphatic rings. The van der Waals surface area contributed by atoms with E-state index in [1.165, 1.54) is 0 Å². The van der Waals surface area contributed by atoms with E-state index in [1.54, 1.807) is 0 Å². The van der Waals surface area contributed by atoms with Crippen LogP contribution in [-0.4, -0.2) is 29.0 Å². The molecule has 6 heteroatoms. The molecular formula is C19H25N3O3. The van der Waals surface area contributed by atoms with Gasteiger partial charge in [0.2, 0.25) is 5.88 Å². The zero-order valence-electron chi connectivity index (χ0n) is 15.3. The molecule has 4 atom stereocenters.